The van der Waals surface area contributed by atoms with Crippen LogP contribution in [0.5, 0.6) is 5.75 Å². The average Bonchev–Trinajstić information content (AvgIpc) is 2.48. The highest BCUT2D eigenvalue weighted by Gasteiger charge is 2.04. The summed E-state index contributed by atoms with van der Waals surface area (Å²) >= 11 is 0. The van der Waals surface area contributed by atoms with E-state index in [0.717, 1.165) is 23.7 Å². The summed E-state index contributed by atoms with van der Waals surface area (Å²) < 4.78 is 5.26. The molecule has 2 aromatic carbocycles. The third kappa shape index (κ3) is 3.26. The molecule has 0 saturated carbocycles. The van der Waals surface area contributed by atoms with Gasteiger partial charge in [-0.3, -0.25) is 0 Å². The maximum Gasteiger partial charge on any atom is 0.120 e. The SMILES string of the molecule is CNCc1ccc(N(C)c2cccc(OC)c2)cc1. The number of nitrogens with one attached hydrogen (secondary N) is 1. The van der Waals surface area contributed by atoms with E-state index in [9.17, 15) is 0 Å². The Hall–Kier alpha value is -2.00. The minimum absolute atomic E-state index is 0.871. The van der Waals surface area contributed by atoms with Crippen molar-refractivity contribution in [1.82, 2.24) is 5.32 Å². The molecule has 0 atom stereocenters. The van der Waals surface area contributed by atoms with Crippen molar-refractivity contribution < 1.29 is 4.74 Å². The molecule has 2 rings (SSSR count). The number of hydrogen-bond donors (Lipinski definition) is 1. The summed E-state index contributed by atoms with van der Waals surface area (Å²) in [5.74, 6) is 0.871. The maximum absolute atomic E-state index is 5.26. The normalized spacial score (nSPS) is 10.3. The maximum atomic E-state index is 5.26. The molecular formula is C16H20N2O. The van der Waals surface area contributed by atoms with Crippen molar-refractivity contribution in [3.05, 3.63) is 54.1 Å². The van der Waals surface area contributed by atoms with Gasteiger partial charge in [-0.15, -0.1) is 0 Å². The summed E-state index contributed by atoms with van der Waals surface area (Å²) in [5, 5.41) is 3.15. The number of ether oxygens (including phenoxy) is 1. The molecule has 1 N–H and O–H groups in total. The molecule has 0 aliphatic rings. The molecule has 0 fully saturated rings. The first-order chi connectivity index (χ1) is 9.24. The molecule has 2 aromatic rings. The van der Waals surface area contributed by atoms with E-state index in [2.05, 4.69) is 47.6 Å². The monoisotopic (exact) mass is 256 g/mol. The number of methoxy groups -OCH3 is 1. The van der Waals surface area contributed by atoms with Crippen LogP contribution in [0, 0.1) is 0 Å². The van der Waals surface area contributed by atoms with Crippen LogP contribution in [-0.4, -0.2) is 21.2 Å². The predicted octanol–water partition coefficient (Wildman–Crippen LogP) is 3.18. The number of rotatable bonds is 5. The van der Waals surface area contributed by atoms with Crippen molar-refractivity contribution in [3.63, 3.8) is 0 Å². The van der Waals surface area contributed by atoms with Crippen LogP contribution in [0.3, 0.4) is 0 Å². The van der Waals surface area contributed by atoms with E-state index in [1.807, 2.05) is 25.2 Å². The van der Waals surface area contributed by atoms with Crippen molar-refractivity contribution in [1.29, 1.82) is 0 Å². The number of benzene rings is 2. The quantitative estimate of drug-likeness (QED) is 0.889. The fraction of sp³-hybridized carbons (Fsp3) is 0.250. The van der Waals surface area contributed by atoms with Crippen LogP contribution in [0.15, 0.2) is 48.5 Å². The molecule has 19 heavy (non-hydrogen) atoms. The van der Waals surface area contributed by atoms with Crippen LogP contribution in [-0.2, 0) is 6.54 Å². The second-order valence-electron chi connectivity index (χ2n) is 4.46. The molecule has 0 amide bonds. The first kappa shape index (κ1) is 13.4. The first-order valence-electron chi connectivity index (χ1n) is 6.36. The molecule has 0 heterocycles. The van der Waals surface area contributed by atoms with E-state index < -0.39 is 0 Å². The smallest absolute Gasteiger partial charge is 0.120 e. The molecule has 0 spiro atoms. The van der Waals surface area contributed by atoms with Crippen LogP contribution in [0.4, 0.5) is 11.4 Å². The largest absolute Gasteiger partial charge is 0.497 e. The van der Waals surface area contributed by atoms with Crippen molar-refractivity contribution in [3.8, 4) is 5.75 Å². The first-order valence-corrected chi connectivity index (χ1v) is 6.36. The Kier molecular flexibility index (Phi) is 4.42. The third-order valence-corrected chi connectivity index (χ3v) is 3.15. The summed E-state index contributed by atoms with van der Waals surface area (Å²) in [5.41, 5.74) is 3.55. The molecule has 100 valence electrons. The summed E-state index contributed by atoms with van der Waals surface area (Å²) in [6.07, 6.45) is 0. The number of hydrogen-bond acceptors (Lipinski definition) is 3. The molecule has 3 heteroatoms. The van der Waals surface area contributed by atoms with Crippen LogP contribution in [0.25, 0.3) is 0 Å². The minimum atomic E-state index is 0.871. The molecule has 0 aromatic heterocycles. The minimum Gasteiger partial charge on any atom is -0.497 e. The summed E-state index contributed by atoms with van der Waals surface area (Å²) in [4.78, 5) is 2.14. The lowest BCUT2D eigenvalue weighted by Gasteiger charge is -2.20. The molecule has 3 nitrogen and oxygen atoms in total. The Balaban J connectivity index is 2.20. The van der Waals surface area contributed by atoms with Crippen LogP contribution in [0.1, 0.15) is 5.56 Å². The molecule has 0 unspecified atom stereocenters. The molecule has 0 aliphatic carbocycles. The lowest BCUT2D eigenvalue weighted by Crippen LogP contribution is -2.10. The van der Waals surface area contributed by atoms with Gasteiger partial charge in [-0.2, -0.15) is 0 Å². The second-order valence-corrected chi connectivity index (χ2v) is 4.46. The molecule has 0 aliphatic heterocycles. The fourth-order valence-corrected chi connectivity index (χ4v) is 2.01. The van der Waals surface area contributed by atoms with Gasteiger partial charge in [0.15, 0.2) is 0 Å². The van der Waals surface area contributed by atoms with Gasteiger partial charge in [-0.1, -0.05) is 18.2 Å². The van der Waals surface area contributed by atoms with Gasteiger partial charge in [-0.25, -0.2) is 0 Å². The summed E-state index contributed by atoms with van der Waals surface area (Å²) in [6.45, 7) is 0.892. The standard InChI is InChI=1S/C16H20N2O/c1-17-12-13-7-9-14(10-8-13)18(2)15-5-4-6-16(11-15)19-3/h4-11,17H,12H2,1-3H3. The molecular weight excluding hydrogens is 236 g/mol. The van der Waals surface area contributed by atoms with E-state index in [1.54, 1.807) is 7.11 Å². The summed E-state index contributed by atoms with van der Waals surface area (Å²) in [6, 6.07) is 16.6. The van der Waals surface area contributed by atoms with E-state index in [-0.39, 0.29) is 0 Å². The molecule has 0 bridgehead atoms. The number of nitrogens with zero attached hydrogens (tertiary/aromatic N) is 1. The van der Waals surface area contributed by atoms with Gasteiger partial charge < -0.3 is 15.0 Å². The van der Waals surface area contributed by atoms with Gasteiger partial charge in [0.25, 0.3) is 0 Å². The van der Waals surface area contributed by atoms with Crippen molar-refractivity contribution in [2.75, 3.05) is 26.1 Å². The van der Waals surface area contributed by atoms with Crippen molar-refractivity contribution >= 4 is 11.4 Å². The Bertz CT molecular complexity index is 523. The van der Waals surface area contributed by atoms with E-state index in [4.69, 9.17) is 4.74 Å². The lowest BCUT2D eigenvalue weighted by atomic mass is 10.2. The predicted molar refractivity (Wildman–Crippen MR) is 80.3 cm³/mol. The zero-order chi connectivity index (χ0) is 13.7. The highest BCUT2D eigenvalue weighted by atomic mass is 16.5. The number of anilines is 2. The summed E-state index contributed by atoms with van der Waals surface area (Å²) in [7, 11) is 5.70. The van der Waals surface area contributed by atoms with Crippen molar-refractivity contribution in [2.24, 2.45) is 0 Å². The van der Waals surface area contributed by atoms with E-state index >= 15 is 0 Å². The Morgan fingerprint density at radius 1 is 1.05 bits per heavy atom. The third-order valence-electron chi connectivity index (χ3n) is 3.15. The van der Waals surface area contributed by atoms with E-state index in [0.29, 0.717) is 0 Å². The second kappa shape index (κ2) is 6.25. The van der Waals surface area contributed by atoms with Gasteiger partial charge in [0, 0.05) is 31.0 Å². The van der Waals surface area contributed by atoms with Crippen molar-refractivity contribution in [2.45, 2.75) is 6.54 Å². The fourth-order valence-electron chi connectivity index (χ4n) is 2.01. The Labute approximate surface area is 114 Å². The van der Waals surface area contributed by atoms with Crippen LogP contribution >= 0.6 is 0 Å². The van der Waals surface area contributed by atoms with Crippen LogP contribution < -0.4 is 15.0 Å². The van der Waals surface area contributed by atoms with Crippen LogP contribution in [0.2, 0.25) is 0 Å². The Morgan fingerprint density at radius 3 is 2.42 bits per heavy atom. The topological polar surface area (TPSA) is 24.5 Å². The van der Waals surface area contributed by atoms with Gasteiger partial charge in [-0.05, 0) is 36.9 Å². The Morgan fingerprint density at radius 2 is 1.79 bits per heavy atom. The zero-order valence-corrected chi connectivity index (χ0v) is 11.7. The van der Waals surface area contributed by atoms with Gasteiger partial charge in [0.2, 0.25) is 0 Å². The highest BCUT2D eigenvalue weighted by Crippen LogP contribution is 2.26. The van der Waals surface area contributed by atoms with Gasteiger partial charge >= 0.3 is 0 Å². The lowest BCUT2D eigenvalue weighted by molar-refractivity contribution is 0.415. The average molecular weight is 256 g/mol. The molecule has 0 saturated heterocycles. The van der Waals surface area contributed by atoms with Gasteiger partial charge in [0.1, 0.15) is 5.75 Å². The van der Waals surface area contributed by atoms with E-state index in [1.165, 1.54) is 5.56 Å². The highest BCUT2D eigenvalue weighted by molar-refractivity contribution is 5.64. The zero-order valence-electron chi connectivity index (χ0n) is 11.7. The molecule has 0 radical (unpaired) electrons. The van der Waals surface area contributed by atoms with Gasteiger partial charge in [0.05, 0.1) is 7.11 Å².